The first-order chi connectivity index (χ1) is 10.4. The molecule has 1 heterocycles. The molecule has 22 heavy (non-hydrogen) atoms. The van der Waals surface area contributed by atoms with Crippen LogP contribution in [0.25, 0.3) is 0 Å². The van der Waals surface area contributed by atoms with Gasteiger partial charge in [0.15, 0.2) is 0 Å². The third kappa shape index (κ3) is 3.64. The van der Waals surface area contributed by atoms with Gasteiger partial charge in [-0.25, -0.2) is 8.42 Å². The van der Waals surface area contributed by atoms with E-state index in [1.54, 1.807) is 12.1 Å². The maximum Gasteiger partial charge on any atom is 0.243 e. The summed E-state index contributed by atoms with van der Waals surface area (Å²) in [5.74, 6) is 1.42. The maximum absolute atomic E-state index is 12.9. The van der Waals surface area contributed by atoms with Crippen LogP contribution in [0, 0.1) is 5.92 Å². The zero-order valence-corrected chi connectivity index (χ0v) is 14.6. The van der Waals surface area contributed by atoms with Gasteiger partial charge in [-0.15, -0.1) is 0 Å². The standard InChI is InChI=1S/C15H21NO4S2/c1-11(2)10-16(14-8-9-21-15(14)17)22(18,19)13-6-4-12(20-3)5-7-13/h4-7,11,14H,8-10H2,1-3H3. The lowest BCUT2D eigenvalue weighted by Gasteiger charge is -2.28. The number of hydrogen-bond donors (Lipinski definition) is 0. The van der Waals surface area contributed by atoms with E-state index in [0.717, 1.165) is 0 Å². The van der Waals surface area contributed by atoms with Gasteiger partial charge in [0.1, 0.15) is 5.75 Å². The summed E-state index contributed by atoms with van der Waals surface area (Å²) in [6.45, 7) is 4.23. The van der Waals surface area contributed by atoms with E-state index in [9.17, 15) is 13.2 Å². The van der Waals surface area contributed by atoms with Gasteiger partial charge in [-0.05, 0) is 36.6 Å². The topological polar surface area (TPSA) is 63.7 Å². The second-order valence-electron chi connectivity index (χ2n) is 5.62. The molecule has 0 radical (unpaired) electrons. The number of methoxy groups -OCH3 is 1. The second-order valence-corrected chi connectivity index (χ2v) is 8.61. The minimum absolute atomic E-state index is 0.0577. The van der Waals surface area contributed by atoms with Crippen LogP contribution in [-0.2, 0) is 14.8 Å². The van der Waals surface area contributed by atoms with Crippen LogP contribution < -0.4 is 4.74 Å². The van der Waals surface area contributed by atoms with Crippen molar-refractivity contribution in [2.75, 3.05) is 19.4 Å². The molecule has 0 saturated carbocycles. The van der Waals surface area contributed by atoms with Gasteiger partial charge in [-0.1, -0.05) is 25.6 Å². The highest BCUT2D eigenvalue weighted by molar-refractivity contribution is 8.14. The lowest BCUT2D eigenvalue weighted by molar-refractivity contribution is -0.113. The van der Waals surface area contributed by atoms with Crippen molar-refractivity contribution in [3.05, 3.63) is 24.3 Å². The summed E-state index contributed by atoms with van der Waals surface area (Å²) in [4.78, 5) is 12.2. The molecule has 1 fully saturated rings. The zero-order valence-electron chi connectivity index (χ0n) is 13.0. The summed E-state index contributed by atoms with van der Waals surface area (Å²) < 4.78 is 32.3. The van der Waals surface area contributed by atoms with Gasteiger partial charge >= 0.3 is 0 Å². The van der Waals surface area contributed by atoms with Crippen LogP contribution in [0.15, 0.2) is 29.2 Å². The van der Waals surface area contributed by atoms with Crippen LogP contribution >= 0.6 is 11.8 Å². The molecule has 0 aromatic heterocycles. The number of carbonyl (C=O) groups excluding carboxylic acids is 1. The SMILES string of the molecule is COc1ccc(S(=O)(=O)N(CC(C)C)C2CCSC2=O)cc1. The average Bonchev–Trinajstić information content (AvgIpc) is 2.90. The molecule has 122 valence electrons. The number of sulfonamides is 1. The summed E-state index contributed by atoms with van der Waals surface area (Å²) in [5, 5.41) is -0.0577. The molecule has 5 nitrogen and oxygen atoms in total. The Morgan fingerprint density at radius 3 is 2.41 bits per heavy atom. The quantitative estimate of drug-likeness (QED) is 0.793. The monoisotopic (exact) mass is 343 g/mol. The number of rotatable bonds is 6. The molecular formula is C15H21NO4S2. The number of carbonyl (C=O) groups is 1. The normalized spacial score (nSPS) is 19.1. The van der Waals surface area contributed by atoms with E-state index in [2.05, 4.69) is 0 Å². The van der Waals surface area contributed by atoms with Gasteiger partial charge in [-0.3, -0.25) is 4.79 Å². The molecule has 0 bridgehead atoms. The lowest BCUT2D eigenvalue weighted by atomic mass is 10.2. The number of benzene rings is 1. The van der Waals surface area contributed by atoms with Crippen molar-refractivity contribution in [1.82, 2.24) is 4.31 Å². The van der Waals surface area contributed by atoms with E-state index in [1.807, 2.05) is 13.8 Å². The van der Waals surface area contributed by atoms with Crippen molar-refractivity contribution in [2.24, 2.45) is 5.92 Å². The van der Waals surface area contributed by atoms with Gasteiger partial charge in [0.05, 0.1) is 18.0 Å². The fourth-order valence-corrected chi connectivity index (χ4v) is 5.21. The Morgan fingerprint density at radius 2 is 1.95 bits per heavy atom. The Hall–Kier alpha value is -1.05. The molecule has 0 aliphatic carbocycles. The summed E-state index contributed by atoms with van der Waals surface area (Å²) >= 11 is 1.21. The molecule has 1 saturated heterocycles. The zero-order chi connectivity index (χ0) is 16.3. The Kier molecular flexibility index (Phi) is 5.52. The van der Waals surface area contributed by atoms with Gasteiger partial charge in [0.25, 0.3) is 0 Å². The summed E-state index contributed by atoms with van der Waals surface area (Å²) in [6, 6.07) is 5.72. The highest BCUT2D eigenvalue weighted by atomic mass is 32.2. The van der Waals surface area contributed by atoms with Gasteiger partial charge in [-0.2, -0.15) is 4.31 Å². The third-order valence-electron chi connectivity index (χ3n) is 3.47. The van der Waals surface area contributed by atoms with Crippen LogP contribution in [0.2, 0.25) is 0 Å². The molecule has 1 atom stereocenters. The molecule has 1 aliphatic heterocycles. The van der Waals surface area contributed by atoms with Crippen LogP contribution in [0.5, 0.6) is 5.75 Å². The van der Waals surface area contributed by atoms with Crippen molar-refractivity contribution in [1.29, 1.82) is 0 Å². The minimum atomic E-state index is -3.69. The van der Waals surface area contributed by atoms with Gasteiger partial charge in [0, 0.05) is 12.3 Å². The fourth-order valence-electron chi connectivity index (χ4n) is 2.38. The second kappa shape index (κ2) is 7.02. The van der Waals surface area contributed by atoms with Crippen molar-refractivity contribution in [2.45, 2.75) is 31.2 Å². The summed E-state index contributed by atoms with van der Waals surface area (Å²) in [7, 11) is -2.16. The molecular weight excluding hydrogens is 322 g/mol. The van der Waals surface area contributed by atoms with E-state index in [-0.39, 0.29) is 15.9 Å². The Morgan fingerprint density at radius 1 is 1.32 bits per heavy atom. The highest BCUT2D eigenvalue weighted by Crippen LogP contribution is 2.30. The number of nitrogens with zero attached hydrogens (tertiary/aromatic N) is 1. The van der Waals surface area contributed by atoms with E-state index < -0.39 is 16.1 Å². The maximum atomic E-state index is 12.9. The summed E-state index contributed by atoms with van der Waals surface area (Å²) in [6.07, 6.45) is 0.575. The minimum Gasteiger partial charge on any atom is -0.497 e. The van der Waals surface area contributed by atoms with E-state index >= 15 is 0 Å². The van der Waals surface area contributed by atoms with Crippen molar-refractivity contribution >= 4 is 26.9 Å². The van der Waals surface area contributed by atoms with Crippen LogP contribution in [0.4, 0.5) is 0 Å². The number of hydrogen-bond acceptors (Lipinski definition) is 5. The fraction of sp³-hybridized carbons (Fsp3) is 0.533. The van der Waals surface area contributed by atoms with Crippen LogP contribution in [0.3, 0.4) is 0 Å². The van der Waals surface area contributed by atoms with E-state index in [4.69, 9.17) is 4.74 Å². The lowest BCUT2D eigenvalue weighted by Crippen LogP contribution is -2.44. The highest BCUT2D eigenvalue weighted by Gasteiger charge is 2.39. The van der Waals surface area contributed by atoms with Crippen molar-refractivity contribution in [3.63, 3.8) is 0 Å². The smallest absolute Gasteiger partial charge is 0.243 e. The predicted octanol–water partition coefficient (Wildman–Crippen LogP) is 2.37. The first kappa shape index (κ1) is 17.3. The molecule has 1 aliphatic rings. The molecule has 1 aromatic rings. The van der Waals surface area contributed by atoms with Crippen molar-refractivity contribution in [3.8, 4) is 5.75 Å². The largest absolute Gasteiger partial charge is 0.497 e. The Bertz CT molecular complexity index is 625. The third-order valence-corrected chi connectivity index (χ3v) is 6.35. The number of ether oxygens (including phenoxy) is 1. The number of thioether (sulfide) groups is 1. The molecule has 1 unspecified atom stereocenters. The Balaban J connectivity index is 2.37. The van der Waals surface area contributed by atoms with Crippen LogP contribution in [0.1, 0.15) is 20.3 Å². The van der Waals surface area contributed by atoms with E-state index in [1.165, 1.54) is 35.3 Å². The molecule has 0 amide bonds. The first-order valence-corrected chi connectivity index (χ1v) is 9.61. The predicted molar refractivity (Wildman–Crippen MR) is 87.6 cm³/mol. The molecule has 0 spiro atoms. The van der Waals surface area contributed by atoms with Gasteiger partial charge in [0.2, 0.25) is 15.1 Å². The average molecular weight is 343 g/mol. The van der Waals surface area contributed by atoms with Gasteiger partial charge < -0.3 is 4.74 Å². The molecule has 2 rings (SSSR count). The molecule has 7 heteroatoms. The Labute approximate surface area is 136 Å². The van der Waals surface area contributed by atoms with Crippen molar-refractivity contribution < 1.29 is 17.9 Å². The molecule has 1 aromatic carbocycles. The van der Waals surface area contributed by atoms with Crippen LogP contribution in [-0.4, -0.2) is 43.3 Å². The first-order valence-electron chi connectivity index (χ1n) is 7.18. The van der Waals surface area contributed by atoms with E-state index in [0.29, 0.717) is 24.5 Å². The summed E-state index contributed by atoms with van der Waals surface area (Å²) in [5.41, 5.74) is 0. The molecule has 0 N–H and O–H groups in total.